The maximum atomic E-state index is 12.9. The summed E-state index contributed by atoms with van der Waals surface area (Å²) < 4.78 is 4.83. The van der Waals surface area contributed by atoms with Gasteiger partial charge in [-0.3, -0.25) is 9.59 Å². The summed E-state index contributed by atoms with van der Waals surface area (Å²) in [6.07, 6.45) is 0.550. The van der Waals surface area contributed by atoms with Crippen LogP contribution in [-0.2, 0) is 16.0 Å². The first-order valence-corrected chi connectivity index (χ1v) is 9.53. The van der Waals surface area contributed by atoms with Gasteiger partial charge < -0.3 is 19.9 Å². The number of H-pyrrole nitrogens is 1. The molecule has 0 aliphatic rings. The maximum absolute atomic E-state index is 12.9. The van der Waals surface area contributed by atoms with Crippen LogP contribution in [0.5, 0.6) is 0 Å². The van der Waals surface area contributed by atoms with Crippen molar-refractivity contribution >= 4 is 23.5 Å². The van der Waals surface area contributed by atoms with Crippen molar-refractivity contribution in [2.24, 2.45) is 0 Å². The van der Waals surface area contributed by atoms with Gasteiger partial charge in [0.25, 0.3) is 5.91 Å². The number of amides is 2. The van der Waals surface area contributed by atoms with E-state index >= 15 is 0 Å². The lowest BCUT2D eigenvalue weighted by Gasteiger charge is -2.18. The van der Waals surface area contributed by atoms with E-state index in [-0.39, 0.29) is 18.4 Å². The molecule has 0 bridgehead atoms. The van der Waals surface area contributed by atoms with Gasteiger partial charge in [0.15, 0.2) is 0 Å². The number of anilines is 1. The van der Waals surface area contributed by atoms with Crippen LogP contribution in [0, 0.1) is 27.7 Å². The van der Waals surface area contributed by atoms with Gasteiger partial charge in [-0.15, -0.1) is 0 Å². The predicted octanol–water partition coefficient (Wildman–Crippen LogP) is 3.31. The molecule has 0 saturated carbocycles. The van der Waals surface area contributed by atoms with Crippen LogP contribution >= 0.6 is 0 Å². The monoisotopic (exact) mass is 399 g/mol. The molecular weight excluding hydrogens is 370 g/mol. The van der Waals surface area contributed by atoms with Crippen LogP contribution in [0.15, 0.2) is 12.1 Å². The summed E-state index contributed by atoms with van der Waals surface area (Å²) in [6.45, 7) is 9.35. The Labute approximate surface area is 171 Å². The Hall–Kier alpha value is -3.09. The fraction of sp³-hybridized carbons (Fsp3) is 0.409. The minimum atomic E-state index is -0.486. The highest BCUT2D eigenvalue weighted by Crippen LogP contribution is 2.23. The number of likely N-dealkylation sites (N-methyl/N-ethyl adjacent to an activating group) is 1. The van der Waals surface area contributed by atoms with Crippen molar-refractivity contribution < 1.29 is 19.1 Å². The van der Waals surface area contributed by atoms with Crippen LogP contribution in [0.4, 0.5) is 5.69 Å². The molecule has 2 amide bonds. The third-order valence-corrected chi connectivity index (χ3v) is 4.95. The number of rotatable bonds is 6. The first-order valence-electron chi connectivity index (χ1n) is 9.53. The summed E-state index contributed by atoms with van der Waals surface area (Å²) in [5.74, 6) is -1.13. The number of ether oxygens (including phenoxy) is 1. The fourth-order valence-electron chi connectivity index (χ4n) is 3.55. The van der Waals surface area contributed by atoms with Crippen LogP contribution in [0.25, 0.3) is 0 Å². The van der Waals surface area contributed by atoms with E-state index in [9.17, 15) is 14.4 Å². The smallest absolute Gasteiger partial charge is 0.339 e. The van der Waals surface area contributed by atoms with E-state index in [1.165, 1.54) is 12.0 Å². The molecule has 0 radical (unpaired) electrons. The number of nitrogens with one attached hydrogen (secondary N) is 2. The standard InChI is InChI=1S/C22H29N3O4/c1-8-16-18(22(28)29-7)15(5)20(23-16)21(27)25(6)11-17(26)24-19-13(3)9-12(2)10-14(19)4/h9-10,23H,8,11H2,1-7H3,(H,24,26). The summed E-state index contributed by atoms with van der Waals surface area (Å²) in [7, 11) is 2.86. The number of carbonyl (C=O) groups is 3. The normalized spacial score (nSPS) is 10.6. The second kappa shape index (κ2) is 8.94. The quantitative estimate of drug-likeness (QED) is 0.729. The topological polar surface area (TPSA) is 91.5 Å². The third-order valence-electron chi connectivity index (χ3n) is 4.95. The van der Waals surface area contributed by atoms with Crippen molar-refractivity contribution in [1.29, 1.82) is 0 Å². The predicted molar refractivity (Wildman–Crippen MR) is 112 cm³/mol. The molecule has 0 atom stereocenters. The minimum Gasteiger partial charge on any atom is -0.465 e. The van der Waals surface area contributed by atoms with Gasteiger partial charge in [0.2, 0.25) is 5.91 Å². The van der Waals surface area contributed by atoms with Gasteiger partial charge in [0, 0.05) is 18.4 Å². The average Bonchev–Trinajstić information content (AvgIpc) is 2.99. The zero-order valence-electron chi connectivity index (χ0n) is 18.1. The molecule has 156 valence electrons. The number of hydrogen-bond donors (Lipinski definition) is 2. The SMILES string of the molecule is CCc1[nH]c(C(=O)N(C)CC(=O)Nc2c(C)cc(C)cc2C)c(C)c1C(=O)OC. The molecule has 0 aliphatic carbocycles. The molecular formula is C22H29N3O4. The Morgan fingerprint density at radius 3 is 2.21 bits per heavy atom. The minimum absolute atomic E-state index is 0.112. The fourth-order valence-corrected chi connectivity index (χ4v) is 3.55. The van der Waals surface area contributed by atoms with Crippen molar-refractivity contribution in [2.75, 3.05) is 26.0 Å². The first-order chi connectivity index (χ1) is 13.6. The molecule has 1 heterocycles. The van der Waals surface area contributed by atoms with Gasteiger partial charge >= 0.3 is 5.97 Å². The van der Waals surface area contributed by atoms with Gasteiger partial charge in [-0.25, -0.2) is 4.79 Å². The van der Waals surface area contributed by atoms with Crippen LogP contribution in [0.2, 0.25) is 0 Å². The Kier molecular flexibility index (Phi) is 6.84. The van der Waals surface area contributed by atoms with E-state index < -0.39 is 5.97 Å². The molecule has 1 aromatic heterocycles. The van der Waals surface area contributed by atoms with Gasteiger partial charge in [-0.05, 0) is 50.8 Å². The Bertz CT molecular complexity index is 936. The zero-order chi connectivity index (χ0) is 21.9. The van der Waals surface area contributed by atoms with Crippen molar-refractivity contribution in [1.82, 2.24) is 9.88 Å². The summed E-state index contributed by atoms with van der Waals surface area (Å²) in [6, 6.07) is 4.00. The molecule has 7 heteroatoms. The molecule has 2 rings (SSSR count). The van der Waals surface area contributed by atoms with Crippen LogP contribution < -0.4 is 5.32 Å². The van der Waals surface area contributed by atoms with E-state index in [0.29, 0.717) is 28.9 Å². The summed E-state index contributed by atoms with van der Waals surface area (Å²) in [5, 5.41) is 2.90. The zero-order valence-corrected chi connectivity index (χ0v) is 18.1. The summed E-state index contributed by atoms with van der Waals surface area (Å²) >= 11 is 0. The van der Waals surface area contributed by atoms with E-state index in [0.717, 1.165) is 22.4 Å². The van der Waals surface area contributed by atoms with Crippen molar-refractivity contribution in [3.8, 4) is 0 Å². The largest absolute Gasteiger partial charge is 0.465 e. The second-order valence-corrected chi connectivity index (χ2v) is 7.31. The van der Waals surface area contributed by atoms with Crippen molar-refractivity contribution in [3.63, 3.8) is 0 Å². The lowest BCUT2D eigenvalue weighted by molar-refractivity contribution is -0.116. The molecule has 0 saturated heterocycles. The second-order valence-electron chi connectivity index (χ2n) is 7.31. The highest BCUT2D eigenvalue weighted by atomic mass is 16.5. The third kappa shape index (κ3) is 4.67. The highest BCUT2D eigenvalue weighted by Gasteiger charge is 2.26. The number of aromatic amines is 1. The van der Waals surface area contributed by atoms with Crippen LogP contribution in [0.1, 0.15) is 55.7 Å². The number of nitrogens with zero attached hydrogens (tertiary/aromatic N) is 1. The number of methoxy groups -OCH3 is 1. The highest BCUT2D eigenvalue weighted by molar-refractivity contribution is 6.02. The molecule has 1 aromatic carbocycles. The van der Waals surface area contributed by atoms with E-state index in [4.69, 9.17) is 4.74 Å². The van der Waals surface area contributed by atoms with Crippen LogP contribution in [-0.4, -0.2) is 48.4 Å². The average molecular weight is 399 g/mol. The van der Waals surface area contributed by atoms with Crippen molar-refractivity contribution in [3.05, 3.63) is 51.3 Å². The Balaban J connectivity index is 2.18. The van der Waals surface area contributed by atoms with Gasteiger partial charge in [-0.1, -0.05) is 24.6 Å². The first kappa shape index (κ1) is 22.2. The molecule has 29 heavy (non-hydrogen) atoms. The number of aryl methyl sites for hydroxylation is 4. The van der Waals surface area contributed by atoms with E-state index in [2.05, 4.69) is 10.3 Å². The summed E-state index contributed by atoms with van der Waals surface area (Å²) in [4.78, 5) is 41.8. The number of aromatic nitrogens is 1. The molecule has 2 N–H and O–H groups in total. The van der Waals surface area contributed by atoms with E-state index in [1.54, 1.807) is 14.0 Å². The maximum Gasteiger partial charge on any atom is 0.339 e. The van der Waals surface area contributed by atoms with Crippen LogP contribution in [0.3, 0.4) is 0 Å². The number of esters is 1. The molecule has 2 aromatic rings. The van der Waals surface area contributed by atoms with Gasteiger partial charge in [-0.2, -0.15) is 0 Å². The molecule has 7 nitrogen and oxygen atoms in total. The lowest BCUT2D eigenvalue weighted by atomic mass is 10.1. The molecule has 0 spiro atoms. The van der Waals surface area contributed by atoms with Gasteiger partial charge in [0.05, 0.1) is 19.2 Å². The molecule has 0 fully saturated rings. The Morgan fingerprint density at radius 2 is 1.69 bits per heavy atom. The van der Waals surface area contributed by atoms with Gasteiger partial charge in [0.1, 0.15) is 5.69 Å². The lowest BCUT2D eigenvalue weighted by Crippen LogP contribution is -2.35. The number of hydrogen-bond acceptors (Lipinski definition) is 4. The Morgan fingerprint density at radius 1 is 1.10 bits per heavy atom. The summed E-state index contributed by atoms with van der Waals surface area (Å²) in [5.41, 5.74) is 5.67. The van der Waals surface area contributed by atoms with E-state index in [1.807, 2.05) is 39.8 Å². The van der Waals surface area contributed by atoms with Crippen molar-refractivity contribution in [2.45, 2.75) is 41.0 Å². The number of benzene rings is 1. The molecule has 0 aliphatic heterocycles. The molecule has 0 unspecified atom stereocenters. The number of carbonyl (C=O) groups excluding carboxylic acids is 3.